The summed E-state index contributed by atoms with van der Waals surface area (Å²) in [5.41, 5.74) is 0. The Kier molecular flexibility index (Phi) is 3.77. The molecule has 2 saturated carbocycles. The van der Waals surface area contributed by atoms with E-state index in [1.807, 2.05) is 0 Å². The van der Waals surface area contributed by atoms with E-state index < -0.39 is 10.0 Å². The van der Waals surface area contributed by atoms with Crippen LogP contribution in [0.2, 0.25) is 0 Å². The van der Waals surface area contributed by atoms with Gasteiger partial charge in [0.2, 0.25) is 10.0 Å². The summed E-state index contributed by atoms with van der Waals surface area (Å²) in [7, 11) is -1.79. The van der Waals surface area contributed by atoms with E-state index in [4.69, 9.17) is 0 Å². The Hall–Kier alpha value is -0.660. The van der Waals surface area contributed by atoms with Gasteiger partial charge in [-0.15, -0.1) is 0 Å². The van der Waals surface area contributed by atoms with Crippen molar-refractivity contribution in [2.24, 2.45) is 5.92 Å². The van der Waals surface area contributed by atoms with E-state index in [1.54, 1.807) is 23.6 Å². The third-order valence-electron chi connectivity index (χ3n) is 3.73. The van der Waals surface area contributed by atoms with Crippen molar-refractivity contribution in [3.05, 3.63) is 16.7 Å². The van der Waals surface area contributed by atoms with Gasteiger partial charge in [0.25, 0.3) is 0 Å². The lowest BCUT2D eigenvalue weighted by molar-refractivity contribution is 0.389. The fourth-order valence-electron chi connectivity index (χ4n) is 2.29. The van der Waals surface area contributed by atoms with Crippen molar-refractivity contribution in [2.45, 2.75) is 36.6 Å². The van der Waals surface area contributed by atoms with Crippen LogP contribution in [0, 0.1) is 5.92 Å². The number of sulfonamides is 1. The van der Waals surface area contributed by atoms with E-state index >= 15 is 0 Å². The summed E-state index contributed by atoms with van der Waals surface area (Å²) in [6.07, 6.45) is 5.85. The molecule has 20 heavy (non-hydrogen) atoms. The van der Waals surface area contributed by atoms with Crippen molar-refractivity contribution in [1.29, 1.82) is 0 Å². The Balaban J connectivity index is 1.98. The van der Waals surface area contributed by atoms with Crippen LogP contribution in [0.4, 0.5) is 5.82 Å². The van der Waals surface area contributed by atoms with Crippen LogP contribution in [-0.4, -0.2) is 37.3 Å². The lowest BCUT2D eigenvalue weighted by atomic mass is 10.4. The highest BCUT2D eigenvalue weighted by Gasteiger charge is 2.42. The van der Waals surface area contributed by atoms with Crippen LogP contribution in [0.25, 0.3) is 0 Å². The summed E-state index contributed by atoms with van der Waals surface area (Å²) in [5.74, 6) is 0.957. The van der Waals surface area contributed by atoms with Gasteiger partial charge in [0.05, 0.1) is 0 Å². The lowest BCUT2D eigenvalue weighted by Crippen LogP contribution is -2.35. The summed E-state index contributed by atoms with van der Waals surface area (Å²) in [6.45, 7) is 0.655. The van der Waals surface area contributed by atoms with Gasteiger partial charge in [0, 0.05) is 30.3 Å². The Bertz CT molecular complexity index is 612. The van der Waals surface area contributed by atoms with Gasteiger partial charge in [0.15, 0.2) is 0 Å². The first-order valence-corrected chi connectivity index (χ1v) is 9.11. The molecular weight excluding hydrogens is 342 g/mol. The van der Waals surface area contributed by atoms with E-state index in [0.29, 0.717) is 22.8 Å². The first-order chi connectivity index (χ1) is 9.52. The second kappa shape index (κ2) is 5.27. The van der Waals surface area contributed by atoms with Crippen LogP contribution in [0.1, 0.15) is 25.7 Å². The molecule has 5 nitrogen and oxygen atoms in total. The standard InChI is InChI=1S/C13H18BrN3O2S/c1-15-13-12(6-10(14)7-16-13)20(18,19)17(11-4-5-11)8-9-2-3-9/h6-7,9,11H,2-5,8H2,1H3,(H,15,16). The number of nitrogens with zero attached hydrogens (tertiary/aromatic N) is 2. The molecule has 1 N–H and O–H groups in total. The maximum Gasteiger partial charge on any atom is 0.247 e. The normalized spacial score (nSPS) is 19.4. The highest BCUT2D eigenvalue weighted by Crippen LogP contribution is 2.39. The molecule has 1 aromatic heterocycles. The van der Waals surface area contributed by atoms with Crippen molar-refractivity contribution < 1.29 is 8.42 Å². The molecule has 0 spiro atoms. The zero-order chi connectivity index (χ0) is 14.3. The van der Waals surface area contributed by atoms with Crippen LogP contribution in [0.15, 0.2) is 21.6 Å². The minimum atomic E-state index is -3.48. The van der Waals surface area contributed by atoms with E-state index in [2.05, 4.69) is 26.2 Å². The molecule has 0 amide bonds. The van der Waals surface area contributed by atoms with Gasteiger partial charge in [-0.3, -0.25) is 0 Å². The van der Waals surface area contributed by atoms with Gasteiger partial charge in [0.1, 0.15) is 10.7 Å². The predicted octanol–water partition coefficient (Wildman–Crippen LogP) is 2.45. The van der Waals surface area contributed by atoms with Gasteiger partial charge >= 0.3 is 0 Å². The zero-order valence-electron chi connectivity index (χ0n) is 11.3. The maximum atomic E-state index is 12.9. The highest BCUT2D eigenvalue weighted by molar-refractivity contribution is 9.10. The molecule has 2 aliphatic rings. The first kappa shape index (κ1) is 14.3. The second-order valence-electron chi connectivity index (χ2n) is 5.50. The molecule has 3 rings (SSSR count). The summed E-state index contributed by atoms with van der Waals surface area (Å²) in [6, 6.07) is 1.82. The SMILES string of the molecule is CNc1ncc(Br)cc1S(=O)(=O)N(CC1CC1)C1CC1. The minimum absolute atomic E-state index is 0.185. The molecule has 0 aromatic carbocycles. The van der Waals surface area contributed by atoms with Gasteiger partial charge in [-0.05, 0) is 53.6 Å². The van der Waals surface area contributed by atoms with Gasteiger partial charge < -0.3 is 5.32 Å². The Labute approximate surface area is 127 Å². The molecule has 1 heterocycles. The van der Waals surface area contributed by atoms with E-state index in [9.17, 15) is 8.42 Å². The molecule has 0 radical (unpaired) electrons. The Morgan fingerprint density at radius 1 is 1.40 bits per heavy atom. The lowest BCUT2D eigenvalue weighted by Gasteiger charge is -2.23. The van der Waals surface area contributed by atoms with E-state index in [1.165, 1.54) is 0 Å². The molecule has 2 fully saturated rings. The average Bonchev–Trinajstić information content (AvgIpc) is 3.27. The number of aromatic nitrogens is 1. The summed E-state index contributed by atoms with van der Waals surface area (Å²) < 4.78 is 28.2. The van der Waals surface area contributed by atoms with Crippen molar-refractivity contribution >= 4 is 31.8 Å². The molecule has 0 unspecified atom stereocenters. The second-order valence-corrected chi connectivity index (χ2v) is 8.27. The third-order valence-corrected chi connectivity index (χ3v) is 6.10. The number of rotatable bonds is 6. The third kappa shape index (κ3) is 2.84. The first-order valence-electron chi connectivity index (χ1n) is 6.87. The van der Waals surface area contributed by atoms with Crippen LogP contribution >= 0.6 is 15.9 Å². The number of nitrogens with one attached hydrogen (secondary N) is 1. The number of hydrogen-bond acceptors (Lipinski definition) is 4. The molecule has 0 bridgehead atoms. The van der Waals surface area contributed by atoms with Crippen molar-refractivity contribution in [3.63, 3.8) is 0 Å². The monoisotopic (exact) mass is 359 g/mol. The largest absolute Gasteiger partial charge is 0.372 e. The molecule has 0 aliphatic heterocycles. The molecule has 7 heteroatoms. The van der Waals surface area contributed by atoms with Crippen molar-refractivity contribution in [1.82, 2.24) is 9.29 Å². The Morgan fingerprint density at radius 3 is 2.65 bits per heavy atom. The fraction of sp³-hybridized carbons (Fsp3) is 0.615. The topological polar surface area (TPSA) is 62.3 Å². The van der Waals surface area contributed by atoms with Crippen LogP contribution in [0.3, 0.4) is 0 Å². The minimum Gasteiger partial charge on any atom is -0.372 e. The Morgan fingerprint density at radius 2 is 2.10 bits per heavy atom. The van der Waals surface area contributed by atoms with Gasteiger partial charge in [-0.1, -0.05) is 0 Å². The smallest absolute Gasteiger partial charge is 0.247 e. The number of halogens is 1. The molecule has 0 atom stereocenters. The number of hydrogen-bond donors (Lipinski definition) is 1. The average molecular weight is 360 g/mol. The number of anilines is 1. The molecular formula is C13H18BrN3O2S. The van der Waals surface area contributed by atoms with E-state index in [0.717, 1.165) is 25.7 Å². The quantitative estimate of drug-likeness (QED) is 0.847. The predicted molar refractivity (Wildman–Crippen MR) is 81.1 cm³/mol. The molecule has 110 valence electrons. The molecule has 1 aromatic rings. The van der Waals surface area contributed by atoms with Gasteiger partial charge in [-0.2, -0.15) is 4.31 Å². The maximum absolute atomic E-state index is 12.9. The summed E-state index contributed by atoms with van der Waals surface area (Å²) in [5, 5.41) is 2.87. The summed E-state index contributed by atoms with van der Waals surface area (Å²) in [4.78, 5) is 4.42. The number of pyridine rings is 1. The van der Waals surface area contributed by atoms with Crippen LogP contribution in [0.5, 0.6) is 0 Å². The van der Waals surface area contributed by atoms with E-state index in [-0.39, 0.29) is 10.9 Å². The zero-order valence-corrected chi connectivity index (χ0v) is 13.7. The van der Waals surface area contributed by atoms with Crippen LogP contribution in [-0.2, 0) is 10.0 Å². The molecule has 0 saturated heterocycles. The van der Waals surface area contributed by atoms with Gasteiger partial charge in [-0.25, -0.2) is 13.4 Å². The van der Waals surface area contributed by atoms with Crippen molar-refractivity contribution in [3.8, 4) is 0 Å². The summed E-state index contributed by atoms with van der Waals surface area (Å²) >= 11 is 3.31. The van der Waals surface area contributed by atoms with Crippen molar-refractivity contribution in [2.75, 3.05) is 18.9 Å². The highest BCUT2D eigenvalue weighted by atomic mass is 79.9. The van der Waals surface area contributed by atoms with Crippen LogP contribution < -0.4 is 5.32 Å². The molecule has 2 aliphatic carbocycles. The fourth-order valence-corrected chi connectivity index (χ4v) is 4.71.